The van der Waals surface area contributed by atoms with E-state index in [0.717, 1.165) is 19.5 Å². The summed E-state index contributed by atoms with van der Waals surface area (Å²) in [6.07, 6.45) is 5.79. The lowest BCUT2D eigenvalue weighted by Crippen LogP contribution is -2.46. The number of sulfonamides is 1. The lowest BCUT2D eigenvalue weighted by atomic mass is 10.0. The predicted molar refractivity (Wildman–Crippen MR) is 92.3 cm³/mol. The molecule has 1 aliphatic heterocycles. The smallest absolute Gasteiger partial charge is 0.240 e. The third-order valence-corrected chi connectivity index (χ3v) is 5.87. The molecular formula is C17H28N2O3S. The van der Waals surface area contributed by atoms with Gasteiger partial charge in [0.25, 0.3) is 0 Å². The first-order valence-corrected chi connectivity index (χ1v) is 9.93. The number of unbranched alkanes of at least 4 members (excludes halogenated alkanes) is 1. The molecule has 2 rings (SSSR count). The first-order chi connectivity index (χ1) is 11.1. The fourth-order valence-electron chi connectivity index (χ4n) is 2.99. The lowest BCUT2D eigenvalue weighted by Gasteiger charge is -2.35. The van der Waals surface area contributed by atoms with E-state index in [1.807, 2.05) is 0 Å². The zero-order valence-electron chi connectivity index (χ0n) is 14.1. The molecule has 1 unspecified atom stereocenters. The number of piperidine rings is 1. The molecule has 0 saturated carbocycles. The van der Waals surface area contributed by atoms with E-state index in [1.54, 1.807) is 31.4 Å². The average Bonchev–Trinajstić information content (AvgIpc) is 2.59. The normalized spacial score (nSPS) is 19.7. The molecular weight excluding hydrogens is 312 g/mol. The van der Waals surface area contributed by atoms with Crippen molar-refractivity contribution in [3.8, 4) is 5.75 Å². The standard InChI is InChI=1S/C17H28N2O3S/c1-3-4-12-19-13-6-5-7-15(19)14-18-23(20,21)17-10-8-16(22-2)9-11-17/h8-11,15,18H,3-7,12-14H2,1-2H3. The molecule has 1 fully saturated rings. The van der Waals surface area contributed by atoms with Crippen molar-refractivity contribution in [2.75, 3.05) is 26.7 Å². The zero-order valence-corrected chi connectivity index (χ0v) is 14.9. The number of hydrogen-bond acceptors (Lipinski definition) is 4. The van der Waals surface area contributed by atoms with Crippen LogP contribution in [0.25, 0.3) is 0 Å². The highest BCUT2D eigenvalue weighted by molar-refractivity contribution is 7.89. The molecule has 1 heterocycles. The van der Waals surface area contributed by atoms with Crippen molar-refractivity contribution in [1.29, 1.82) is 0 Å². The number of benzene rings is 1. The van der Waals surface area contributed by atoms with Gasteiger partial charge in [-0.3, -0.25) is 4.90 Å². The molecule has 1 aromatic carbocycles. The lowest BCUT2D eigenvalue weighted by molar-refractivity contribution is 0.148. The molecule has 0 bridgehead atoms. The minimum absolute atomic E-state index is 0.286. The van der Waals surface area contributed by atoms with Gasteiger partial charge in [0.15, 0.2) is 0 Å². The number of rotatable bonds is 8. The van der Waals surface area contributed by atoms with Crippen LogP contribution < -0.4 is 9.46 Å². The summed E-state index contributed by atoms with van der Waals surface area (Å²) in [5.41, 5.74) is 0. The van der Waals surface area contributed by atoms with Gasteiger partial charge in [0.1, 0.15) is 5.75 Å². The molecule has 0 aromatic heterocycles. The van der Waals surface area contributed by atoms with E-state index in [9.17, 15) is 8.42 Å². The van der Waals surface area contributed by atoms with Crippen LogP contribution in [0.4, 0.5) is 0 Å². The van der Waals surface area contributed by atoms with E-state index in [4.69, 9.17) is 4.74 Å². The van der Waals surface area contributed by atoms with Gasteiger partial charge in [-0.05, 0) is 56.6 Å². The third-order valence-electron chi connectivity index (χ3n) is 4.43. The predicted octanol–water partition coefficient (Wildman–Crippen LogP) is 2.63. The van der Waals surface area contributed by atoms with Gasteiger partial charge in [-0.25, -0.2) is 13.1 Å². The highest BCUT2D eigenvalue weighted by atomic mass is 32.2. The second kappa shape index (κ2) is 8.66. The summed E-state index contributed by atoms with van der Waals surface area (Å²) in [7, 11) is -1.90. The Morgan fingerprint density at radius 1 is 1.26 bits per heavy atom. The van der Waals surface area contributed by atoms with Gasteiger partial charge in [-0.15, -0.1) is 0 Å². The Balaban J connectivity index is 1.96. The zero-order chi connectivity index (χ0) is 16.7. The van der Waals surface area contributed by atoms with Crippen molar-refractivity contribution in [2.24, 2.45) is 0 Å². The fourth-order valence-corrected chi connectivity index (χ4v) is 4.06. The third kappa shape index (κ3) is 5.19. The average molecular weight is 340 g/mol. The van der Waals surface area contributed by atoms with Crippen molar-refractivity contribution in [3.05, 3.63) is 24.3 Å². The SMILES string of the molecule is CCCCN1CCCCC1CNS(=O)(=O)c1ccc(OC)cc1. The molecule has 0 spiro atoms. The van der Waals surface area contributed by atoms with E-state index in [-0.39, 0.29) is 4.90 Å². The Morgan fingerprint density at radius 2 is 2.00 bits per heavy atom. The largest absolute Gasteiger partial charge is 0.497 e. The van der Waals surface area contributed by atoms with Crippen LogP contribution in [-0.4, -0.2) is 46.1 Å². The number of likely N-dealkylation sites (tertiary alicyclic amines) is 1. The molecule has 0 radical (unpaired) electrons. The minimum atomic E-state index is -3.46. The van der Waals surface area contributed by atoms with Crippen LogP contribution in [0.15, 0.2) is 29.2 Å². The van der Waals surface area contributed by atoms with Gasteiger partial charge in [-0.1, -0.05) is 19.8 Å². The summed E-state index contributed by atoms with van der Waals surface area (Å²) in [5, 5.41) is 0. The van der Waals surface area contributed by atoms with Crippen molar-refractivity contribution < 1.29 is 13.2 Å². The number of hydrogen-bond donors (Lipinski definition) is 1. The van der Waals surface area contributed by atoms with E-state index in [0.29, 0.717) is 18.3 Å². The Kier molecular flexibility index (Phi) is 6.87. The summed E-state index contributed by atoms with van der Waals surface area (Å²) >= 11 is 0. The number of methoxy groups -OCH3 is 1. The minimum Gasteiger partial charge on any atom is -0.497 e. The summed E-state index contributed by atoms with van der Waals surface area (Å²) in [6.45, 7) is 4.81. The van der Waals surface area contributed by atoms with Gasteiger partial charge in [0.2, 0.25) is 10.0 Å². The van der Waals surface area contributed by atoms with Gasteiger partial charge in [0.05, 0.1) is 12.0 Å². The molecule has 1 saturated heterocycles. The molecule has 1 atom stereocenters. The summed E-state index contributed by atoms with van der Waals surface area (Å²) in [6, 6.07) is 6.81. The Labute approximate surface area is 140 Å². The van der Waals surface area contributed by atoms with Gasteiger partial charge < -0.3 is 4.74 Å². The van der Waals surface area contributed by atoms with E-state index < -0.39 is 10.0 Å². The van der Waals surface area contributed by atoms with Crippen LogP contribution in [0.2, 0.25) is 0 Å². The molecule has 1 N–H and O–H groups in total. The molecule has 1 aromatic rings. The molecule has 5 nitrogen and oxygen atoms in total. The Hall–Kier alpha value is -1.11. The van der Waals surface area contributed by atoms with Crippen LogP contribution in [0.5, 0.6) is 5.75 Å². The maximum Gasteiger partial charge on any atom is 0.240 e. The molecule has 130 valence electrons. The van der Waals surface area contributed by atoms with Crippen molar-refractivity contribution in [2.45, 2.75) is 50.0 Å². The van der Waals surface area contributed by atoms with Crippen LogP contribution in [0.1, 0.15) is 39.0 Å². The Morgan fingerprint density at radius 3 is 2.65 bits per heavy atom. The molecule has 0 aliphatic carbocycles. The number of ether oxygens (including phenoxy) is 1. The van der Waals surface area contributed by atoms with E-state index >= 15 is 0 Å². The highest BCUT2D eigenvalue weighted by Gasteiger charge is 2.24. The van der Waals surface area contributed by atoms with E-state index in [2.05, 4.69) is 16.5 Å². The summed E-state index contributed by atoms with van der Waals surface area (Å²) in [4.78, 5) is 2.72. The van der Waals surface area contributed by atoms with Crippen molar-refractivity contribution in [1.82, 2.24) is 9.62 Å². The van der Waals surface area contributed by atoms with Gasteiger partial charge >= 0.3 is 0 Å². The van der Waals surface area contributed by atoms with Crippen LogP contribution >= 0.6 is 0 Å². The second-order valence-corrected chi connectivity index (χ2v) is 7.83. The quantitative estimate of drug-likeness (QED) is 0.790. The maximum absolute atomic E-state index is 12.4. The number of nitrogens with zero attached hydrogens (tertiary/aromatic N) is 1. The summed E-state index contributed by atoms with van der Waals surface area (Å²) < 4.78 is 32.7. The Bertz CT molecular complexity index is 572. The van der Waals surface area contributed by atoms with Crippen LogP contribution in [0.3, 0.4) is 0 Å². The summed E-state index contributed by atoms with van der Waals surface area (Å²) in [5.74, 6) is 0.655. The van der Waals surface area contributed by atoms with E-state index in [1.165, 1.54) is 25.7 Å². The van der Waals surface area contributed by atoms with Crippen molar-refractivity contribution in [3.63, 3.8) is 0 Å². The van der Waals surface area contributed by atoms with Crippen LogP contribution in [-0.2, 0) is 10.0 Å². The van der Waals surface area contributed by atoms with Crippen molar-refractivity contribution >= 4 is 10.0 Å². The topological polar surface area (TPSA) is 58.6 Å². The van der Waals surface area contributed by atoms with Gasteiger partial charge in [-0.2, -0.15) is 0 Å². The monoisotopic (exact) mass is 340 g/mol. The van der Waals surface area contributed by atoms with Crippen LogP contribution in [0, 0.1) is 0 Å². The second-order valence-electron chi connectivity index (χ2n) is 6.07. The maximum atomic E-state index is 12.4. The molecule has 23 heavy (non-hydrogen) atoms. The molecule has 0 amide bonds. The number of nitrogens with one attached hydrogen (secondary N) is 1. The fraction of sp³-hybridized carbons (Fsp3) is 0.647. The first kappa shape index (κ1) is 18.2. The molecule has 1 aliphatic rings. The van der Waals surface area contributed by atoms with Gasteiger partial charge in [0, 0.05) is 12.6 Å². The molecule has 6 heteroatoms. The first-order valence-electron chi connectivity index (χ1n) is 8.44. The highest BCUT2D eigenvalue weighted by Crippen LogP contribution is 2.19.